The van der Waals surface area contributed by atoms with Gasteiger partial charge in [-0.1, -0.05) is 36.4 Å². The third kappa shape index (κ3) is 2.58. The molecular weight excluding hydrogens is 234 g/mol. The van der Waals surface area contributed by atoms with Crippen molar-refractivity contribution in [2.24, 2.45) is 0 Å². The van der Waals surface area contributed by atoms with E-state index in [2.05, 4.69) is 54.7 Å². The van der Waals surface area contributed by atoms with Gasteiger partial charge in [0.1, 0.15) is 5.75 Å². The lowest BCUT2D eigenvalue weighted by molar-refractivity contribution is 0.270. The Kier molecular flexibility index (Phi) is 3.41. The monoisotopic (exact) mass is 253 g/mol. The van der Waals surface area contributed by atoms with Gasteiger partial charge in [0.15, 0.2) is 0 Å². The molecule has 0 aromatic heterocycles. The molecule has 0 amide bonds. The van der Waals surface area contributed by atoms with Gasteiger partial charge in [0, 0.05) is 18.2 Å². The van der Waals surface area contributed by atoms with E-state index in [1.807, 2.05) is 6.07 Å². The Balaban J connectivity index is 1.73. The molecule has 1 aliphatic rings. The average Bonchev–Trinajstić information content (AvgIpc) is 2.46. The molecule has 1 unspecified atom stereocenters. The summed E-state index contributed by atoms with van der Waals surface area (Å²) in [5.41, 5.74) is 3.85. The number of fused-ring (bicyclic) bond motifs is 1. The Morgan fingerprint density at radius 2 is 1.89 bits per heavy atom. The van der Waals surface area contributed by atoms with E-state index in [-0.39, 0.29) is 0 Å². The fourth-order valence-corrected chi connectivity index (χ4v) is 2.63. The van der Waals surface area contributed by atoms with Crippen LogP contribution in [0.15, 0.2) is 48.5 Å². The van der Waals surface area contributed by atoms with E-state index < -0.39 is 0 Å². The van der Waals surface area contributed by atoms with Crippen molar-refractivity contribution < 1.29 is 4.74 Å². The number of anilines is 1. The maximum absolute atomic E-state index is 5.70. The van der Waals surface area contributed by atoms with Crippen molar-refractivity contribution >= 4 is 5.69 Å². The summed E-state index contributed by atoms with van der Waals surface area (Å²) in [6, 6.07) is 16.8. The summed E-state index contributed by atoms with van der Waals surface area (Å²) < 4.78 is 5.70. The van der Waals surface area contributed by atoms with Crippen LogP contribution >= 0.6 is 0 Å². The van der Waals surface area contributed by atoms with Crippen LogP contribution in [0.2, 0.25) is 0 Å². The molecular formula is C17H19NO. The second-order valence-electron chi connectivity index (χ2n) is 5.07. The Morgan fingerprint density at radius 3 is 2.79 bits per heavy atom. The van der Waals surface area contributed by atoms with Crippen LogP contribution in [-0.2, 0) is 0 Å². The van der Waals surface area contributed by atoms with Crippen molar-refractivity contribution in [3.05, 3.63) is 59.7 Å². The molecule has 3 rings (SSSR count). The summed E-state index contributed by atoms with van der Waals surface area (Å²) >= 11 is 0. The van der Waals surface area contributed by atoms with Crippen molar-refractivity contribution in [2.45, 2.75) is 19.3 Å². The van der Waals surface area contributed by atoms with Crippen molar-refractivity contribution in [1.82, 2.24) is 0 Å². The van der Waals surface area contributed by atoms with Gasteiger partial charge >= 0.3 is 0 Å². The van der Waals surface area contributed by atoms with E-state index in [1.54, 1.807) is 0 Å². The van der Waals surface area contributed by atoms with Gasteiger partial charge in [-0.3, -0.25) is 0 Å². The number of hydrogen-bond acceptors (Lipinski definition) is 2. The molecule has 19 heavy (non-hydrogen) atoms. The molecule has 2 aromatic carbocycles. The van der Waals surface area contributed by atoms with Crippen LogP contribution < -0.4 is 10.1 Å². The molecule has 2 nitrogen and oxygen atoms in total. The molecule has 1 atom stereocenters. The first-order valence-electron chi connectivity index (χ1n) is 6.86. The Morgan fingerprint density at radius 1 is 1.11 bits per heavy atom. The molecule has 1 aliphatic heterocycles. The fourth-order valence-electron chi connectivity index (χ4n) is 2.63. The summed E-state index contributed by atoms with van der Waals surface area (Å²) in [4.78, 5) is 0. The van der Waals surface area contributed by atoms with E-state index in [0.717, 1.165) is 25.3 Å². The highest BCUT2D eigenvalue weighted by molar-refractivity contribution is 5.51. The van der Waals surface area contributed by atoms with Gasteiger partial charge in [-0.05, 0) is 36.6 Å². The van der Waals surface area contributed by atoms with E-state index in [4.69, 9.17) is 4.74 Å². The van der Waals surface area contributed by atoms with E-state index in [9.17, 15) is 0 Å². The molecule has 0 saturated carbocycles. The second kappa shape index (κ2) is 5.35. The number of benzene rings is 2. The largest absolute Gasteiger partial charge is 0.493 e. The molecule has 1 N–H and O–H groups in total. The SMILES string of the molecule is Cc1ccccc1NCC1CCOc2ccccc21. The summed E-state index contributed by atoms with van der Waals surface area (Å²) in [6.45, 7) is 3.92. The van der Waals surface area contributed by atoms with Crippen molar-refractivity contribution in [3.63, 3.8) is 0 Å². The molecule has 1 heterocycles. The first kappa shape index (κ1) is 12.1. The van der Waals surface area contributed by atoms with Crippen LogP contribution in [0, 0.1) is 6.92 Å². The predicted octanol–water partition coefficient (Wildman–Crippen LogP) is 3.97. The Labute approximate surface area is 114 Å². The van der Waals surface area contributed by atoms with Gasteiger partial charge < -0.3 is 10.1 Å². The van der Waals surface area contributed by atoms with Gasteiger partial charge in [0.05, 0.1) is 6.61 Å². The van der Waals surface area contributed by atoms with Gasteiger partial charge in [-0.25, -0.2) is 0 Å². The summed E-state index contributed by atoms with van der Waals surface area (Å²) in [5.74, 6) is 1.58. The van der Waals surface area contributed by atoms with Crippen LogP contribution in [0.3, 0.4) is 0 Å². The lowest BCUT2D eigenvalue weighted by Crippen LogP contribution is -2.20. The van der Waals surface area contributed by atoms with Crippen molar-refractivity contribution in [2.75, 3.05) is 18.5 Å². The molecule has 2 heteroatoms. The highest BCUT2D eigenvalue weighted by Crippen LogP contribution is 2.33. The molecule has 2 aromatic rings. The molecule has 0 aliphatic carbocycles. The van der Waals surface area contributed by atoms with Gasteiger partial charge in [-0.2, -0.15) is 0 Å². The van der Waals surface area contributed by atoms with Crippen LogP contribution in [0.4, 0.5) is 5.69 Å². The van der Waals surface area contributed by atoms with Gasteiger partial charge in [0.25, 0.3) is 0 Å². The quantitative estimate of drug-likeness (QED) is 0.893. The number of aryl methyl sites for hydroxylation is 1. The number of ether oxygens (including phenoxy) is 1. The highest BCUT2D eigenvalue weighted by atomic mass is 16.5. The Bertz CT molecular complexity index is 565. The summed E-state index contributed by atoms with van der Waals surface area (Å²) in [5, 5.41) is 3.57. The standard InChI is InChI=1S/C17H19NO/c1-13-6-2-4-8-16(13)18-12-14-10-11-19-17-9-5-3-7-15(14)17/h2-9,14,18H,10-12H2,1H3. The third-order valence-electron chi connectivity index (χ3n) is 3.77. The average molecular weight is 253 g/mol. The van der Waals surface area contributed by atoms with Crippen molar-refractivity contribution in [3.8, 4) is 5.75 Å². The summed E-state index contributed by atoms with van der Waals surface area (Å²) in [6.07, 6.45) is 1.08. The molecule has 0 saturated heterocycles. The lowest BCUT2D eigenvalue weighted by Gasteiger charge is -2.26. The first-order chi connectivity index (χ1) is 9.34. The molecule has 98 valence electrons. The number of rotatable bonds is 3. The number of para-hydroxylation sites is 2. The maximum Gasteiger partial charge on any atom is 0.122 e. The highest BCUT2D eigenvalue weighted by Gasteiger charge is 2.20. The maximum atomic E-state index is 5.70. The molecule has 0 fully saturated rings. The third-order valence-corrected chi connectivity index (χ3v) is 3.77. The normalized spacial score (nSPS) is 17.4. The minimum Gasteiger partial charge on any atom is -0.493 e. The minimum atomic E-state index is 0.532. The number of nitrogens with one attached hydrogen (secondary N) is 1. The number of hydrogen-bond donors (Lipinski definition) is 1. The van der Waals surface area contributed by atoms with Gasteiger partial charge in [0.2, 0.25) is 0 Å². The van der Waals surface area contributed by atoms with Gasteiger partial charge in [-0.15, -0.1) is 0 Å². The topological polar surface area (TPSA) is 21.3 Å². The van der Waals surface area contributed by atoms with E-state index in [1.165, 1.54) is 16.8 Å². The Hall–Kier alpha value is -1.96. The molecule has 0 bridgehead atoms. The zero-order chi connectivity index (χ0) is 13.1. The molecule has 0 radical (unpaired) electrons. The van der Waals surface area contributed by atoms with E-state index >= 15 is 0 Å². The van der Waals surface area contributed by atoms with Crippen LogP contribution in [0.5, 0.6) is 5.75 Å². The predicted molar refractivity (Wildman–Crippen MR) is 79.0 cm³/mol. The second-order valence-corrected chi connectivity index (χ2v) is 5.07. The zero-order valence-electron chi connectivity index (χ0n) is 11.2. The first-order valence-corrected chi connectivity index (χ1v) is 6.86. The van der Waals surface area contributed by atoms with Crippen molar-refractivity contribution in [1.29, 1.82) is 0 Å². The van der Waals surface area contributed by atoms with Crippen LogP contribution in [0.25, 0.3) is 0 Å². The fraction of sp³-hybridized carbons (Fsp3) is 0.294. The zero-order valence-corrected chi connectivity index (χ0v) is 11.2. The van der Waals surface area contributed by atoms with Crippen LogP contribution in [0.1, 0.15) is 23.5 Å². The van der Waals surface area contributed by atoms with Crippen LogP contribution in [-0.4, -0.2) is 13.2 Å². The minimum absolute atomic E-state index is 0.532. The smallest absolute Gasteiger partial charge is 0.122 e. The lowest BCUT2D eigenvalue weighted by atomic mass is 9.93. The van der Waals surface area contributed by atoms with E-state index in [0.29, 0.717) is 5.92 Å². The molecule has 0 spiro atoms. The summed E-state index contributed by atoms with van der Waals surface area (Å²) in [7, 11) is 0.